The molecule has 1 aromatic heterocycles. The van der Waals surface area contributed by atoms with E-state index in [1.165, 1.54) is 12.8 Å². The number of nitrogens with zero attached hydrogens (tertiary/aromatic N) is 2. The van der Waals surface area contributed by atoms with Crippen LogP contribution in [0.3, 0.4) is 0 Å². The molecule has 1 N–H and O–H groups in total. The van der Waals surface area contributed by atoms with Crippen LogP contribution in [0.1, 0.15) is 32.7 Å². The number of rotatable bonds is 3. The van der Waals surface area contributed by atoms with Gasteiger partial charge in [-0.25, -0.2) is 4.79 Å². The molecule has 0 unspecified atom stereocenters. The molecule has 0 spiro atoms. The van der Waals surface area contributed by atoms with Gasteiger partial charge in [0.1, 0.15) is 0 Å². The monoisotopic (exact) mass is 209 g/mol. The lowest BCUT2D eigenvalue weighted by atomic mass is 10.2. The van der Waals surface area contributed by atoms with E-state index in [-0.39, 0.29) is 11.7 Å². The lowest BCUT2D eigenvalue weighted by molar-refractivity contribution is 0.482. The molecule has 0 amide bonds. The zero-order valence-corrected chi connectivity index (χ0v) is 9.44. The Kier molecular flexibility index (Phi) is 2.95. The molecule has 0 radical (unpaired) electrons. The van der Waals surface area contributed by atoms with Gasteiger partial charge in [-0.15, -0.1) is 0 Å². The van der Waals surface area contributed by atoms with E-state index < -0.39 is 0 Å². The molecule has 0 aromatic carbocycles. The summed E-state index contributed by atoms with van der Waals surface area (Å²) in [6, 6.07) is 0.723. The Morgan fingerprint density at radius 3 is 2.87 bits per heavy atom. The van der Waals surface area contributed by atoms with Gasteiger partial charge in [-0.2, -0.15) is 0 Å². The molecule has 15 heavy (non-hydrogen) atoms. The predicted octanol–water partition coefficient (Wildman–Crippen LogP) is 0.983. The van der Waals surface area contributed by atoms with E-state index in [1.54, 1.807) is 4.57 Å². The molecule has 1 aromatic rings. The number of hydrogen-bond donors (Lipinski definition) is 1. The van der Waals surface area contributed by atoms with Gasteiger partial charge in [-0.05, 0) is 33.2 Å². The minimum Gasteiger partial charge on any atom is -0.312 e. The number of imidazole rings is 1. The largest absolute Gasteiger partial charge is 0.328 e. The van der Waals surface area contributed by atoms with Gasteiger partial charge in [0.2, 0.25) is 0 Å². The Balaban J connectivity index is 2.11. The van der Waals surface area contributed by atoms with E-state index >= 15 is 0 Å². The van der Waals surface area contributed by atoms with Crippen LogP contribution in [0.5, 0.6) is 0 Å². The van der Waals surface area contributed by atoms with Gasteiger partial charge in [0.25, 0.3) is 0 Å². The SMILES string of the molecule is CC(C)n1ccn(C[C@@H]2CCCN2)c1=O. The van der Waals surface area contributed by atoms with Crippen molar-refractivity contribution in [3.63, 3.8) is 0 Å². The number of aromatic nitrogens is 2. The molecule has 4 nitrogen and oxygen atoms in total. The second-order valence-corrected chi connectivity index (χ2v) is 4.53. The quantitative estimate of drug-likeness (QED) is 0.806. The standard InChI is InChI=1S/C11H19N3O/c1-9(2)14-7-6-13(11(14)15)8-10-4-3-5-12-10/h6-7,9-10,12H,3-5,8H2,1-2H3/t10-/m0/s1. The average molecular weight is 209 g/mol. The molecular formula is C11H19N3O. The van der Waals surface area contributed by atoms with E-state index in [4.69, 9.17) is 0 Å². The molecule has 2 heterocycles. The molecule has 4 heteroatoms. The molecule has 1 saturated heterocycles. The van der Waals surface area contributed by atoms with Gasteiger partial charge in [0, 0.05) is 31.0 Å². The van der Waals surface area contributed by atoms with Crippen LogP contribution < -0.4 is 11.0 Å². The van der Waals surface area contributed by atoms with Crippen LogP contribution in [0.15, 0.2) is 17.2 Å². The summed E-state index contributed by atoms with van der Waals surface area (Å²) in [5, 5.41) is 3.40. The van der Waals surface area contributed by atoms with Crippen LogP contribution in [0, 0.1) is 0 Å². The predicted molar refractivity (Wildman–Crippen MR) is 60.1 cm³/mol. The fourth-order valence-electron chi connectivity index (χ4n) is 2.11. The highest BCUT2D eigenvalue weighted by atomic mass is 16.1. The summed E-state index contributed by atoms with van der Waals surface area (Å²) in [5.74, 6) is 0. The lowest BCUT2D eigenvalue weighted by Gasteiger charge is -2.10. The van der Waals surface area contributed by atoms with Gasteiger partial charge in [0.15, 0.2) is 0 Å². The van der Waals surface area contributed by atoms with Crippen molar-refractivity contribution in [1.82, 2.24) is 14.5 Å². The average Bonchev–Trinajstić information content (AvgIpc) is 2.78. The first kappa shape index (κ1) is 10.5. The minimum atomic E-state index is 0.110. The lowest BCUT2D eigenvalue weighted by Crippen LogP contribution is -2.33. The summed E-state index contributed by atoms with van der Waals surface area (Å²) in [6.07, 6.45) is 6.17. The zero-order valence-electron chi connectivity index (χ0n) is 9.44. The summed E-state index contributed by atoms with van der Waals surface area (Å²) >= 11 is 0. The highest BCUT2D eigenvalue weighted by Gasteiger charge is 2.16. The van der Waals surface area contributed by atoms with Crippen LogP contribution in [-0.4, -0.2) is 21.7 Å². The van der Waals surface area contributed by atoms with Crippen LogP contribution in [0.25, 0.3) is 0 Å². The molecule has 0 aliphatic carbocycles. The van der Waals surface area contributed by atoms with Gasteiger partial charge in [-0.1, -0.05) is 0 Å². The Bertz CT molecular complexity index is 371. The highest BCUT2D eigenvalue weighted by Crippen LogP contribution is 2.07. The minimum absolute atomic E-state index is 0.110. The zero-order chi connectivity index (χ0) is 10.8. The first-order valence-corrected chi connectivity index (χ1v) is 5.69. The van der Waals surface area contributed by atoms with E-state index in [0.717, 1.165) is 13.1 Å². The molecule has 1 fully saturated rings. The maximum absolute atomic E-state index is 11.9. The third-order valence-electron chi connectivity index (χ3n) is 3.01. The van der Waals surface area contributed by atoms with Crippen molar-refractivity contribution in [3.05, 3.63) is 22.9 Å². The van der Waals surface area contributed by atoms with Gasteiger partial charge in [0.05, 0.1) is 0 Å². The van der Waals surface area contributed by atoms with Crippen molar-refractivity contribution in [3.8, 4) is 0 Å². The Morgan fingerprint density at radius 2 is 2.33 bits per heavy atom. The van der Waals surface area contributed by atoms with Gasteiger partial charge >= 0.3 is 5.69 Å². The summed E-state index contributed by atoms with van der Waals surface area (Å²) in [7, 11) is 0. The summed E-state index contributed by atoms with van der Waals surface area (Å²) < 4.78 is 3.58. The van der Waals surface area contributed by atoms with Crippen molar-refractivity contribution in [2.75, 3.05) is 6.54 Å². The van der Waals surface area contributed by atoms with E-state index in [2.05, 4.69) is 5.32 Å². The van der Waals surface area contributed by atoms with E-state index in [1.807, 2.05) is 30.8 Å². The molecule has 0 saturated carbocycles. The van der Waals surface area contributed by atoms with Crippen molar-refractivity contribution >= 4 is 0 Å². The van der Waals surface area contributed by atoms with Gasteiger partial charge in [-0.3, -0.25) is 9.13 Å². The molecule has 2 rings (SSSR count). The summed E-state index contributed by atoms with van der Waals surface area (Å²) in [4.78, 5) is 11.9. The highest BCUT2D eigenvalue weighted by molar-refractivity contribution is 4.86. The molecule has 1 atom stereocenters. The van der Waals surface area contributed by atoms with Crippen LogP contribution in [0.2, 0.25) is 0 Å². The molecule has 1 aliphatic rings. The second-order valence-electron chi connectivity index (χ2n) is 4.53. The third kappa shape index (κ3) is 2.15. The summed E-state index contributed by atoms with van der Waals surface area (Å²) in [6.45, 7) is 5.95. The Hall–Kier alpha value is -1.03. The smallest absolute Gasteiger partial charge is 0.312 e. The molecule has 0 bridgehead atoms. The normalized spacial score (nSPS) is 21.4. The van der Waals surface area contributed by atoms with Crippen LogP contribution in [0.4, 0.5) is 0 Å². The molecule has 84 valence electrons. The van der Waals surface area contributed by atoms with Gasteiger partial charge < -0.3 is 5.32 Å². The van der Waals surface area contributed by atoms with E-state index in [0.29, 0.717) is 6.04 Å². The third-order valence-corrected chi connectivity index (χ3v) is 3.01. The first-order chi connectivity index (χ1) is 7.18. The van der Waals surface area contributed by atoms with Crippen molar-refractivity contribution in [2.24, 2.45) is 0 Å². The Morgan fingerprint density at radius 1 is 1.53 bits per heavy atom. The molecule has 1 aliphatic heterocycles. The molecular weight excluding hydrogens is 190 g/mol. The number of nitrogens with one attached hydrogen (secondary N) is 1. The maximum Gasteiger partial charge on any atom is 0.328 e. The fourth-order valence-corrected chi connectivity index (χ4v) is 2.11. The maximum atomic E-state index is 11.9. The van der Waals surface area contributed by atoms with Crippen LogP contribution >= 0.6 is 0 Å². The fraction of sp³-hybridized carbons (Fsp3) is 0.727. The Labute approximate surface area is 89.9 Å². The topological polar surface area (TPSA) is 39.0 Å². The summed E-state index contributed by atoms with van der Waals surface area (Å²) in [5.41, 5.74) is 0.110. The first-order valence-electron chi connectivity index (χ1n) is 5.69. The van der Waals surface area contributed by atoms with Crippen molar-refractivity contribution in [2.45, 2.75) is 45.3 Å². The van der Waals surface area contributed by atoms with E-state index in [9.17, 15) is 4.79 Å². The van der Waals surface area contributed by atoms with Crippen LogP contribution in [-0.2, 0) is 6.54 Å². The van der Waals surface area contributed by atoms with Crippen molar-refractivity contribution in [1.29, 1.82) is 0 Å². The second kappa shape index (κ2) is 4.23. The van der Waals surface area contributed by atoms with Crippen molar-refractivity contribution < 1.29 is 0 Å². The number of hydrogen-bond acceptors (Lipinski definition) is 2.